The average molecular weight is 253 g/mol. The van der Waals surface area contributed by atoms with Crippen molar-refractivity contribution in [3.05, 3.63) is 6.33 Å². The van der Waals surface area contributed by atoms with E-state index in [-0.39, 0.29) is 18.4 Å². The minimum Gasteiger partial charge on any atom is -0.467 e. The van der Waals surface area contributed by atoms with Gasteiger partial charge >= 0.3 is 5.97 Å². The number of amides is 1. The highest BCUT2D eigenvalue weighted by atomic mass is 16.5. The number of hydrogen-bond donors (Lipinski definition) is 0. The second-order valence-electron chi connectivity index (χ2n) is 4.13. The van der Waals surface area contributed by atoms with Crippen molar-refractivity contribution in [2.24, 2.45) is 0 Å². The molecule has 1 aromatic heterocycles. The summed E-state index contributed by atoms with van der Waals surface area (Å²) in [6, 6.07) is -0.479. The normalized spacial score (nSPS) is 19.6. The molecule has 0 N–H and O–H groups in total. The molecule has 1 saturated heterocycles. The second-order valence-corrected chi connectivity index (χ2v) is 4.13. The number of nitrogens with zero attached hydrogens (tertiary/aromatic N) is 5. The lowest BCUT2D eigenvalue weighted by Gasteiger charge is -2.33. The fraction of sp³-hybridized carbons (Fsp3) is 0.700. The van der Waals surface area contributed by atoms with Crippen LogP contribution in [0.1, 0.15) is 19.3 Å². The van der Waals surface area contributed by atoms with E-state index in [1.54, 1.807) is 4.90 Å². The molecule has 1 aliphatic heterocycles. The minimum absolute atomic E-state index is 0.0422. The van der Waals surface area contributed by atoms with Gasteiger partial charge in [0.05, 0.1) is 7.11 Å². The molecular formula is C10H15N5O3. The lowest BCUT2D eigenvalue weighted by Crippen LogP contribution is -2.49. The molecule has 0 bridgehead atoms. The van der Waals surface area contributed by atoms with E-state index in [9.17, 15) is 9.59 Å². The molecule has 1 amide bonds. The Morgan fingerprint density at radius 2 is 2.28 bits per heavy atom. The number of piperidine rings is 1. The Kier molecular flexibility index (Phi) is 3.85. The van der Waals surface area contributed by atoms with E-state index < -0.39 is 6.04 Å². The summed E-state index contributed by atoms with van der Waals surface area (Å²) in [5.41, 5.74) is 0. The fourth-order valence-electron chi connectivity index (χ4n) is 2.09. The number of rotatable bonds is 3. The summed E-state index contributed by atoms with van der Waals surface area (Å²) in [6.45, 7) is 0.612. The van der Waals surface area contributed by atoms with Gasteiger partial charge in [-0.05, 0) is 29.7 Å². The number of likely N-dealkylation sites (tertiary alicyclic amines) is 1. The predicted octanol–water partition coefficient (Wildman–Crippen LogP) is -0.773. The highest BCUT2D eigenvalue weighted by Crippen LogP contribution is 2.18. The quantitative estimate of drug-likeness (QED) is 0.657. The Morgan fingerprint density at radius 1 is 1.44 bits per heavy atom. The average Bonchev–Trinajstić information content (AvgIpc) is 2.90. The lowest BCUT2D eigenvalue weighted by molar-refractivity contribution is -0.155. The summed E-state index contributed by atoms with van der Waals surface area (Å²) in [6.07, 6.45) is 3.84. The number of hydrogen-bond acceptors (Lipinski definition) is 6. The van der Waals surface area contributed by atoms with Crippen molar-refractivity contribution in [3.63, 3.8) is 0 Å². The number of tetrazole rings is 1. The van der Waals surface area contributed by atoms with Crippen LogP contribution in [0.5, 0.6) is 0 Å². The summed E-state index contributed by atoms with van der Waals surface area (Å²) in [5, 5.41) is 10.6. The van der Waals surface area contributed by atoms with Gasteiger partial charge in [0.2, 0.25) is 5.91 Å². The minimum atomic E-state index is -0.479. The van der Waals surface area contributed by atoms with Crippen LogP contribution in [0.2, 0.25) is 0 Å². The van der Waals surface area contributed by atoms with Gasteiger partial charge in [0.1, 0.15) is 18.9 Å². The first-order chi connectivity index (χ1) is 8.72. The second kappa shape index (κ2) is 5.56. The smallest absolute Gasteiger partial charge is 0.328 e. The number of esters is 1. The Morgan fingerprint density at radius 3 is 2.94 bits per heavy atom. The maximum Gasteiger partial charge on any atom is 0.328 e. The van der Waals surface area contributed by atoms with Gasteiger partial charge in [-0.3, -0.25) is 4.79 Å². The molecule has 0 spiro atoms. The molecule has 8 nitrogen and oxygen atoms in total. The first-order valence-electron chi connectivity index (χ1n) is 5.80. The predicted molar refractivity (Wildman–Crippen MR) is 59.2 cm³/mol. The molecular weight excluding hydrogens is 238 g/mol. The summed E-state index contributed by atoms with van der Waals surface area (Å²) in [7, 11) is 1.33. The van der Waals surface area contributed by atoms with Crippen LogP contribution in [-0.4, -0.2) is 56.7 Å². The van der Waals surface area contributed by atoms with Crippen LogP contribution in [0.15, 0.2) is 6.33 Å². The van der Waals surface area contributed by atoms with Gasteiger partial charge in [-0.25, -0.2) is 9.48 Å². The van der Waals surface area contributed by atoms with Gasteiger partial charge in [0, 0.05) is 6.54 Å². The van der Waals surface area contributed by atoms with Gasteiger partial charge in [-0.2, -0.15) is 0 Å². The van der Waals surface area contributed by atoms with E-state index in [1.807, 2.05) is 0 Å². The van der Waals surface area contributed by atoms with Gasteiger partial charge in [0.25, 0.3) is 0 Å². The third kappa shape index (κ3) is 2.63. The van der Waals surface area contributed by atoms with Crippen LogP contribution in [-0.2, 0) is 20.9 Å². The van der Waals surface area contributed by atoms with E-state index in [2.05, 4.69) is 15.5 Å². The third-order valence-corrected chi connectivity index (χ3v) is 2.99. The van der Waals surface area contributed by atoms with Gasteiger partial charge < -0.3 is 9.64 Å². The van der Waals surface area contributed by atoms with Crippen molar-refractivity contribution >= 4 is 11.9 Å². The fourth-order valence-corrected chi connectivity index (χ4v) is 2.09. The Bertz CT molecular complexity index is 419. The molecule has 0 unspecified atom stereocenters. The number of aromatic nitrogens is 4. The number of carbonyl (C=O) groups is 2. The molecule has 1 fully saturated rings. The number of carbonyl (C=O) groups excluding carboxylic acids is 2. The van der Waals surface area contributed by atoms with Crippen molar-refractivity contribution in [2.45, 2.75) is 31.8 Å². The largest absolute Gasteiger partial charge is 0.467 e. The van der Waals surface area contributed by atoms with Crippen molar-refractivity contribution in [1.29, 1.82) is 0 Å². The van der Waals surface area contributed by atoms with E-state index >= 15 is 0 Å². The van der Waals surface area contributed by atoms with E-state index in [0.29, 0.717) is 13.0 Å². The summed E-state index contributed by atoms with van der Waals surface area (Å²) in [4.78, 5) is 25.3. The number of methoxy groups -OCH3 is 1. The summed E-state index contributed by atoms with van der Waals surface area (Å²) >= 11 is 0. The molecule has 2 rings (SSSR count). The van der Waals surface area contributed by atoms with E-state index in [0.717, 1.165) is 12.8 Å². The van der Waals surface area contributed by atoms with E-state index in [1.165, 1.54) is 18.1 Å². The molecule has 1 aliphatic rings. The van der Waals surface area contributed by atoms with Crippen molar-refractivity contribution in [2.75, 3.05) is 13.7 Å². The Hall–Kier alpha value is -1.99. The van der Waals surface area contributed by atoms with Gasteiger partial charge in [-0.15, -0.1) is 5.10 Å². The zero-order chi connectivity index (χ0) is 13.0. The third-order valence-electron chi connectivity index (χ3n) is 2.99. The van der Waals surface area contributed by atoms with Crippen LogP contribution < -0.4 is 0 Å². The molecule has 0 radical (unpaired) electrons. The first-order valence-corrected chi connectivity index (χ1v) is 5.80. The zero-order valence-electron chi connectivity index (χ0n) is 10.2. The van der Waals surface area contributed by atoms with Crippen LogP contribution in [0, 0.1) is 0 Å². The summed E-state index contributed by atoms with van der Waals surface area (Å²) in [5.74, 6) is -0.530. The monoisotopic (exact) mass is 253 g/mol. The maximum atomic E-state index is 12.1. The van der Waals surface area contributed by atoms with Crippen molar-refractivity contribution in [3.8, 4) is 0 Å². The van der Waals surface area contributed by atoms with Gasteiger partial charge in [-0.1, -0.05) is 0 Å². The van der Waals surface area contributed by atoms with Crippen molar-refractivity contribution < 1.29 is 14.3 Å². The highest BCUT2D eigenvalue weighted by molar-refractivity contribution is 5.84. The SMILES string of the molecule is COC(=O)[C@H]1CCCCN1C(=O)Cn1cnnn1. The summed E-state index contributed by atoms with van der Waals surface area (Å²) < 4.78 is 6.06. The van der Waals surface area contributed by atoms with Crippen LogP contribution in [0.4, 0.5) is 0 Å². The molecule has 2 heterocycles. The standard InChI is InChI=1S/C10H15N5O3/c1-18-10(17)8-4-2-3-5-15(8)9(16)6-14-7-11-12-13-14/h7-8H,2-6H2,1H3/t8-/m1/s1. The van der Waals surface area contributed by atoms with Crippen molar-refractivity contribution in [1.82, 2.24) is 25.1 Å². The molecule has 1 atom stereocenters. The Balaban J connectivity index is 2.04. The molecule has 0 saturated carbocycles. The molecule has 0 aliphatic carbocycles. The molecule has 18 heavy (non-hydrogen) atoms. The Labute approximate surface area is 104 Å². The van der Waals surface area contributed by atoms with Crippen LogP contribution in [0.25, 0.3) is 0 Å². The number of ether oxygens (including phenoxy) is 1. The van der Waals surface area contributed by atoms with E-state index in [4.69, 9.17) is 4.74 Å². The van der Waals surface area contributed by atoms with Gasteiger partial charge in [0.15, 0.2) is 0 Å². The molecule has 98 valence electrons. The molecule has 8 heteroatoms. The first kappa shape index (κ1) is 12.5. The molecule has 0 aromatic carbocycles. The zero-order valence-corrected chi connectivity index (χ0v) is 10.2. The van der Waals surface area contributed by atoms with Crippen LogP contribution >= 0.6 is 0 Å². The lowest BCUT2D eigenvalue weighted by atomic mass is 10.0. The highest BCUT2D eigenvalue weighted by Gasteiger charge is 2.32. The topological polar surface area (TPSA) is 90.2 Å². The maximum absolute atomic E-state index is 12.1. The molecule has 1 aromatic rings. The van der Waals surface area contributed by atoms with Crippen LogP contribution in [0.3, 0.4) is 0 Å².